The van der Waals surface area contributed by atoms with Crippen LogP contribution in [0.1, 0.15) is 5.69 Å². The lowest BCUT2D eigenvalue weighted by Gasteiger charge is -2.08. The maximum absolute atomic E-state index is 11.0. The lowest BCUT2D eigenvalue weighted by atomic mass is 10.3. The van der Waals surface area contributed by atoms with E-state index < -0.39 is 6.09 Å². The largest absolute Gasteiger partial charge is 0.481 e. The van der Waals surface area contributed by atoms with Gasteiger partial charge in [-0.25, -0.2) is 10.2 Å². The molecule has 126 valence electrons. The van der Waals surface area contributed by atoms with Gasteiger partial charge >= 0.3 is 12.1 Å². The number of nitrogens with zero attached hydrogens (tertiary/aromatic N) is 4. The molecule has 1 N–H and O–H groups in total. The number of nitrogens with one attached hydrogen (secondary N) is 1. The summed E-state index contributed by atoms with van der Waals surface area (Å²) in [6, 6.07) is 4.83. The number of ether oxygens (including phenoxy) is 4. The normalized spacial score (nSPS) is 10.3. The van der Waals surface area contributed by atoms with E-state index in [2.05, 4.69) is 30.2 Å². The van der Waals surface area contributed by atoms with Gasteiger partial charge in [-0.1, -0.05) is 0 Å². The van der Waals surface area contributed by atoms with Crippen molar-refractivity contribution in [3.05, 3.63) is 30.1 Å². The Hall–Kier alpha value is -3.43. The molecule has 0 saturated heterocycles. The molecule has 0 aliphatic heterocycles. The predicted octanol–water partition coefficient (Wildman–Crippen LogP) is 1.37. The van der Waals surface area contributed by atoms with Crippen LogP contribution in [-0.4, -0.2) is 48.6 Å². The van der Waals surface area contributed by atoms with Crippen LogP contribution in [0.5, 0.6) is 23.5 Å². The molecule has 2 aromatic rings. The third-order valence-corrected chi connectivity index (χ3v) is 2.61. The molecule has 0 bridgehead atoms. The number of pyridine rings is 1. The van der Waals surface area contributed by atoms with Gasteiger partial charge in [0.05, 0.1) is 33.6 Å². The smallest absolute Gasteiger partial charge is 0.427 e. The van der Waals surface area contributed by atoms with Gasteiger partial charge in [-0.15, -0.1) is 0 Å². The molecule has 2 rings (SSSR count). The number of methoxy groups -OCH3 is 3. The summed E-state index contributed by atoms with van der Waals surface area (Å²) in [6.45, 7) is 0. The highest BCUT2D eigenvalue weighted by molar-refractivity contribution is 5.81. The summed E-state index contributed by atoms with van der Waals surface area (Å²) in [4.78, 5) is 23.2. The number of hydrogen-bond acceptors (Lipinski definition) is 9. The molecule has 0 spiro atoms. The third-order valence-electron chi connectivity index (χ3n) is 2.61. The fraction of sp³-hybridized carbons (Fsp3) is 0.214. The van der Waals surface area contributed by atoms with Gasteiger partial charge in [0, 0.05) is 6.20 Å². The van der Waals surface area contributed by atoms with Crippen LogP contribution in [0.2, 0.25) is 0 Å². The number of hydrazone groups is 1. The minimum atomic E-state index is -0.703. The number of hydrogen-bond donors (Lipinski definition) is 1. The standard InChI is InChI=1S/C14H15N5O5/c1-21-11-7-12(22-2)18-13(17-11)24-10-5-4-6-15-9(10)8-16-19-14(20)23-3/h4-8H,1-3H3,(H,19,20)/b16-8+. The number of amides is 1. The molecule has 0 aliphatic carbocycles. The highest BCUT2D eigenvalue weighted by Crippen LogP contribution is 2.24. The second-order valence-corrected chi connectivity index (χ2v) is 4.09. The quantitative estimate of drug-likeness (QED) is 0.622. The summed E-state index contributed by atoms with van der Waals surface area (Å²) in [6.07, 6.45) is 2.13. The molecule has 10 heteroatoms. The van der Waals surface area contributed by atoms with Crippen molar-refractivity contribution in [1.29, 1.82) is 0 Å². The van der Waals surface area contributed by atoms with Crippen LogP contribution in [0.25, 0.3) is 0 Å². The summed E-state index contributed by atoms with van der Waals surface area (Å²) in [5.74, 6) is 0.884. The molecule has 10 nitrogen and oxygen atoms in total. The molecule has 0 aromatic carbocycles. The fourth-order valence-electron chi connectivity index (χ4n) is 1.51. The van der Waals surface area contributed by atoms with Crippen molar-refractivity contribution < 1.29 is 23.7 Å². The second kappa shape index (κ2) is 8.27. The number of carbonyl (C=O) groups is 1. The Morgan fingerprint density at radius 2 is 1.92 bits per heavy atom. The maximum Gasteiger partial charge on any atom is 0.427 e. The first-order valence-corrected chi connectivity index (χ1v) is 6.63. The molecule has 0 fully saturated rings. The Bertz CT molecular complexity index is 715. The van der Waals surface area contributed by atoms with Crippen LogP contribution >= 0.6 is 0 Å². The summed E-state index contributed by atoms with van der Waals surface area (Å²) in [5.41, 5.74) is 2.50. The molecule has 0 aliphatic rings. The van der Waals surface area contributed by atoms with E-state index in [-0.39, 0.29) is 17.8 Å². The van der Waals surface area contributed by atoms with Crippen molar-refractivity contribution in [2.45, 2.75) is 0 Å². The van der Waals surface area contributed by atoms with Gasteiger partial charge in [-0.3, -0.25) is 4.98 Å². The SMILES string of the molecule is COC(=O)N/N=C/c1ncccc1Oc1nc(OC)cc(OC)n1. The molecule has 0 atom stereocenters. The average Bonchev–Trinajstić information content (AvgIpc) is 2.62. The maximum atomic E-state index is 11.0. The Kier molecular flexibility index (Phi) is 5.83. The molecular formula is C14H15N5O5. The van der Waals surface area contributed by atoms with E-state index in [9.17, 15) is 4.79 Å². The van der Waals surface area contributed by atoms with Crippen LogP contribution in [0.4, 0.5) is 4.79 Å². The zero-order chi connectivity index (χ0) is 17.4. The number of aromatic nitrogens is 3. The van der Waals surface area contributed by atoms with Crippen LogP contribution in [0.15, 0.2) is 29.5 Å². The molecule has 0 unspecified atom stereocenters. The lowest BCUT2D eigenvalue weighted by molar-refractivity contribution is 0.171. The van der Waals surface area contributed by atoms with Crippen LogP contribution in [0.3, 0.4) is 0 Å². The Labute approximate surface area is 137 Å². The van der Waals surface area contributed by atoms with E-state index in [1.165, 1.54) is 33.6 Å². The molecular weight excluding hydrogens is 318 g/mol. The first-order valence-electron chi connectivity index (χ1n) is 6.63. The first kappa shape index (κ1) is 16.9. The minimum absolute atomic E-state index is 0.00905. The summed E-state index contributed by atoms with van der Waals surface area (Å²) < 4.78 is 20.1. The van der Waals surface area contributed by atoms with E-state index in [1.54, 1.807) is 18.3 Å². The van der Waals surface area contributed by atoms with Gasteiger partial charge in [0.15, 0.2) is 5.75 Å². The molecule has 1 amide bonds. The van der Waals surface area contributed by atoms with Gasteiger partial charge < -0.3 is 18.9 Å². The predicted molar refractivity (Wildman–Crippen MR) is 82.6 cm³/mol. The van der Waals surface area contributed by atoms with Crippen LogP contribution < -0.4 is 19.6 Å². The molecule has 2 heterocycles. The Morgan fingerprint density at radius 1 is 1.21 bits per heavy atom. The monoisotopic (exact) mass is 333 g/mol. The zero-order valence-electron chi connectivity index (χ0n) is 13.2. The highest BCUT2D eigenvalue weighted by Gasteiger charge is 2.10. The van der Waals surface area contributed by atoms with Crippen LogP contribution in [0, 0.1) is 0 Å². The lowest BCUT2D eigenvalue weighted by Crippen LogP contribution is -2.16. The highest BCUT2D eigenvalue weighted by atomic mass is 16.5. The summed E-state index contributed by atoms with van der Waals surface area (Å²) in [7, 11) is 4.16. The first-order chi connectivity index (χ1) is 11.7. The zero-order valence-corrected chi connectivity index (χ0v) is 13.2. The number of carbonyl (C=O) groups excluding carboxylic acids is 1. The van der Waals surface area contributed by atoms with E-state index in [0.29, 0.717) is 11.4 Å². The van der Waals surface area contributed by atoms with E-state index >= 15 is 0 Å². The summed E-state index contributed by atoms with van der Waals surface area (Å²) in [5, 5.41) is 3.70. The Morgan fingerprint density at radius 3 is 2.54 bits per heavy atom. The van der Waals surface area contributed by atoms with Gasteiger partial charge in [-0.05, 0) is 12.1 Å². The van der Waals surface area contributed by atoms with Gasteiger partial charge in [0.25, 0.3) is 0 Å². The van der Waals surface area contributed by atoms with E-state index in [0.717, 1.165) is 0 Å². The van der Waals surface area contributed by atoms with Crippen molar-refractivity contribution in [2.75, 3.05) is 21.3 Å². The minimum Gasteiger partial charge on any atom is -0.481 e. The fourth-order valence-corrected chi connectivity index (χ4v) is 1.51. The number of rotatable bonds is 6. The Balaban J connectivity index is 2.22. The van der Waals surface area contributed by atoms with E-state index in [1.807, 2.05) is 0 Å². The van der Waals surface area contributed by atoms with Gasteiger partial charge in [0.1, 0.15) is 5.69 Å². The molecule has 2 aromatic heterocycles. The van der Waals surface area contributed by atoms with Crippen molar-refractivity contribution >= 4 is 12.3 Å². The topological polar surface area (TPSA) is 117 Å². The van der Waals surface area contributed by atoms with Crippen molar-refractivity contribution in [3.63, 3.8) is 0 Å². The van der Waals surface area contributed by atoms with Crippen molar-refractivity contribution in [1.82, 2.24) is 20.4 Å². The van der Waals surface area contributed by atoms with Gasteiger partial charge in [0.2, 0.25) is 11.8 Å². The average molecular weight is 333 g/mol. The van der Waals surface area contributed by atoms with E-state index in [4.69, 9.17) is 14.2 Å². The van der Waals surface area contributed by atoms with Crippen molar-refractivity contribution in [3.8, 4) is 23.5 Å². The second-order valence-electron chi connectivity index (χ2n) is 4.09. The van der Waals surface area contributed by atoms with Crippen LogP contribution in [-0.2, 0) is 4.74 Å². The summed E-state index contributed by atoms with van der Waals surface area (Å²) >= 11 is 0. The molecule has 0 radical (unpaired) electrons. The van der Waals surface area contributed by atoms with Gasteiger partial charge in [-0.2, -0.15) is 15.1 Å². The molecule has 0 saturated carbocycles. The molecule has 24 heavy (non-hydrogen) atoms. The van der Waals surface area contributed by atoms with Crippen molar-refractivity contribution in [2.24, 2.45) is 5.10 Å². The third kappa shape index (κ3) is 4.53.